The molecule has 29 heavy (non-hydrogen) atoms. The van der Waals surface area contributed by atoms with Crippen molar-refractivity contribution < 1.29 is 22.7 Å². The number of nitrogens with one attached hydrogen (secondary N) is 1. The van der Waals surface area contributed by atoms with E-state index in [-0.39, 0.29) is 29.3 Å². The smallest absolute Gasteiger partial charge is 0.331 e. The zero-order valence-corrected chi connectivity index (χ0v) is 18.0. The second-order valence-corrected chi connectivity index (χ2v) is 10.2. The summed E-state index contributed by atoms with van der Waals surface area (Å²) in [5.74, 6) is -0.981. The maximum absolute atomic E-state index is 11.9. The van der Waals surface area contributed by atoms with Gasteiger partial charge in [0.1, 0.15) is 5.15 Å². The standard InChI is InChI=1S/C18H20ClN3O5S2/c1-12-15(18(19)22(21-12)13-6-8-29(25,26)11-13)4-5-17(24)27-10-16(23)20-9-14-3-2-7-28-14/h2-5,7,13H,6,8-11H2,1H3,(H,20,23)/b5-4+/t13-/m1/s1. The highest BCUT2D eigenvalue weighted by atomic mass is 35.5. The summed E-state index contributed by atoms with van der Waals surface area (Å²) in [6, 6.07) is 3.47. The van der Waals surface area contributed by atoms with E-state index in [1.54, 1.807) is 6.92 Å². The number of hydrogen-bond acceptors (Lipinski definition) is 7. The minimum Gasteiger partial charge on any atom is -0.452 e. The fourth-order valence-electron chi connectivity index (χ4n) is 2.92. The summed E-state index contributed by atoms with van der Waals surface area (Å²) in [7, 11) is -3.07. The van der Waals surface area contributed by atoms with Crippen LogP contribution in [0, 0.1) is 6.92 Å². The van der Waals surface area contributed by atoms with Gasteiger partial charge in [-0.2, -0.15) is 5.10 Å². The van der Waals surface area contributed by atoms with E-state index in [2.05, 4.69) is 10.4 Å². The molecule has 3 heterocycles. The Kier molecular flexibility index (Phi) is 6.76. The highest BCUT2D eigenvalue weighted by Crippen LogP contribution is 2.30. The first-order valence-corrected chi connectivity index (χ1v) is 11.9. The van der Waals surface area contributed by atoms with Crippen LogP contribution in [-0.2, 0) is 30.7 Å². The van der Waals surface area contributed by atoms with Gasteiger partial charge in [-0.1, -0.05) is 17.7 Å². The molecule has 156 valence electrons. The number of aromatic nitrogens is 2. The fraction of sp³-hybridized carbons (Fsp3) is 0.389. The zero-order valence-electron chi connectivity index (χ0n) is 15.6. The van der Waals surface area contributed by atoms with Crippen molar-refractivity contribution in [2.45, 2.75) is 25.9 Å². The van der Waals surface area contributed by atoms with Crippen molar-refractivity contribution in [2.75, 3.05) is 18.1 Å². The fourth-order valence-corrected chi connectivity index (χ4v) is 5.63. The first kappa shape index (κ1) is 21.5. The SMILES string of the molecule is Cc1nn([C@@H]2CCS(=O)(=O)C2)c(Cl)c1/C=C/C(=O)OCC(=O)NCc1cccs1. The van der Waals surface area contributed by atoms with Crippen LogP contribution in [0.25, 0.3) is 6.08 Å². The highest BCUT2D eigenvalue weighted by Gasteiger charge is 2.31. The van der Waals surface area contributed by atoms with E-state index < -0.39 is 21.7 Å². The van der Waals surface area contributed by atoms with Crippen molar-refractivity contribution in [2.24, 2.45) is 0 Å². The minimum absolute atomic E-state index is 0.000377. The maximum atomic E-state index is 11.9. The van der Waals surface area contributed by atoms with E-state index in [0.29, 0.717) is 24.2 Å². The van der Waals surface area contributed by atoms with E-state index in [4.69, 9.17) is 16.3 Å². The summed E-state index contributed by atoms with van der Waals surface area (Å²) in [5, 5.41) is 9.15. The molecule has 1 aliphatic heterocycles. The number of esters is 1. The minimum atomic E-state index is -3.07. The van der Waals surface area contributed by atoms with Crippen LogP contribution in [0.5, 0.6) is 0 Å². The number of carbonyl (C=O) groups excluding carboxylic acids is 2. The van der Waals surface area contributed by atoms with Crippen molar-refractivity contribution in [1.29, 1.82) is 0 Å². The third kappa shape index (κ3) is 5.68. The summed E-state index contributed by atoms with van der Waals surface area (Å²) in [5.41, 5.74) is 1.08. The van der Waals surface area contributed by atoms with Gasteiger partial charge in [-0.3, -0.25) is 4.79 Å². The van der Waals surface area contributed by atoms with Crippen LogP contribution in [0.3, 0.4) is 0 Å². The quantitative estimate of drug-likeness (QED) is 0.504. The summed E-state index contributed by atoms with van der Waals surface area (Å²) in [6.07, 6.45) is 3.07. The number of amides is 1. The lowest BCUT2D eigenvalue weighted by molar-refractivity contribution is -0.143. The largest absolute Gasteiger partial charge is 0.452 e. The molecule has 0 spiro atoms. The van der Waals surface area contributed by atoms with Crippen LogP contribution in [-0.4, -0.2) is 48.2 Å². The third-order valence-corrected chi connectivity index (χ3v) is 7.40. The van der Waals surface area contributed by atoms with Gasteiger partial charge in [0.2, 0.25) is 0 Å². The Balaban J connectivity index is 1.54. The van der Waals surface area contributed by atoms with E-state index in [9.17, 15) is 18.0 Å². The van der Waals surface area contributed by atoms with E-state index in [1.807, 2.05) is 17.5 Å². The first-order chi connectivity index (χ1) is 13.7. The Bertz CT molecular complexity index is 1030. The summed E-state index contributed by atoms with van der Waals surface area (Å²) in [6.45, 7) is 1.71. The van der Waals surface area contributed by atoms with Gasteiger partial charge < -0.3 is 10.1 Å². The van der Waals surface area contributed by atoms with Crippen molar-refractivity contribution in [3.05, 3.63) is 44.9 Å². The van der Waals surface area contributed by atoms with Crippen LogP contribution in [0.1, 0.15) is 28.6 Å². The molecule has 1 fully saturated rings. The summed E-state index contributed by atoms with van der Waals surface area (Å²) < 4.78 is 29.8. The van der Waals surface area contributed by atoms with Gasteiger partial charge in [-0.05, 0) is 30.9 Å². The van der Waals surface area contributed by atoms with Gasteiger partial charge in [-0.25, -0.2) is 17.9 Å². The van der Waals surface area contributed by atoms with E-state index in [0.717, 1.165) is 11.0 Å². The Morgan fingerprint density at radius 2 is 2.28 bits per heavy atom. The molecule has 1 aliphatic rings. The van der Waals surface area contributed by atoms with Crippen LogP contribution in [0.15, 0.2) is 23.6 Å². The van der Waals surface area contributed by atoms with Crippen molar-refractivity contribution in [3.8, 4) is 0 Å². The molecule has 2 aromatic heterocycles. The Hall–Kier alpha value is -2.17. The molecule has 8 nitrogen and oxygen atoms in total. The van der Waals surface area contributed by atoms with Gasteiger partial charge in [-0.15, -0.1) is 11.3 Å². The van der Waals surface area contributed by atoms with Gasteiger partial charge in [0.05, 0.1) is 29.8 Å². The first-order valence-electron chi connectivity index (χ1n) is 8.84. The number of aryl methyl sites for hydroxylation is 1. The molecule has 0 aromatic carbocycles. The molecular formula is C18H20ClN3O5S2. The highest BCUT2D eigenvalue weighted by molar-refractivity contribution is 7.91. The van der Waals surface area contributed by atoms with Crippen LogP contribution in [0.2, 0.25) is 5.15 Å². The molecule has 11 heteroatoms. The number of hydrogen-bond donors (Lipinski definition) is 1. The van der Waals surface area contributed by atoms with Crippen molar-refractivity contribution in [3.63, 3.8) is 0 Å². The number of ether oxygens (including phenoxy) is 1. The van der Waals surface area contributed by atoms with Crippen molar-refractivity contribution >= 4 is 50.7 Å². The van der Waals surface area contributed by atoms with E-state index in [1.165, 1.54) is 22.1 Å². The topological polar surface area (TPSA) is 107 Å². The van der Waals surface area contributed by atoms with Gasteiger partial charge in [0.15, 0.2) is 16.4 Å². The number of nitrogens with zero attached hydrogens (tertiary/aromatic N) is 2. The lowest BCUT2D eigenvalue weighted by atomic mass is 10.2. The lowest BCUT2D eigenvalue weighted by Gasteiger charge is -2.09. The molecule has 0 saturated carbocycles. The molecule has 0 bridgehead atoms. The predicted octanol–water partition coefficient (Wildman–Crippen LogP) is 2.14. The van der Waals surface area contributed by atoms with Gasteiger partial charge >= 0.3 is 5.97 Å². The normalized spacial score (nSPS) is 18.2. The molecule has 1 atom stereocenters. The Morgan fingerprint density at radius 1 is 1.48 bits per heavy atom. The molecular weight excluding hydrogens is 438 g/mol. The third-order valence-electron chi connectivity index (χ3n) is 4.40. The number of rotatable bonds is 7. The summed E-state index contributed by atoms with van der Waals surface area (Å²) in [4.78, 5) is 24.6. The van der Waals surface area contributed by atoms with Crippen LogP contribution >= 0.6 is 22.9 Å². The Labute approximate surface area is 177 Å². The second-order valence-electron chi connectivity index (χ2n) is 6.59. The maximum Gasteiger partial charge on any atom is 0.331 e. The van der Waals surface area contributed by atoms with Crippen LogP contribution in [0.4, 0.5) is 0 Å². The molecule has 0 unspecified atom stereocenters. The molecule has 0 aliphatic carbocycles. The number of sulfone groups is 1. The monoisotopic (exact) mass is 457 g/mol. The average Bonchev–Trinajstić information content (AvgIpc) is 3.37. The molecule has 2 aromatic rings. The van der Waals surface area contributed by atoms with E-state index >= 15 is 0 Å². The Morgan fingerprint density at radius 3 is 2.93 bits per heavy atom. The second kappa shape index (κ2) is 9.10. The van der Waals surface area contributed by atoms with Crippen molar-refractivity contribution in [1.82, 2.24) is 15.1 Å². The number of carbonyl (C=O) groups is 2. The van der Waals surface area contributed by atoms with Gasteiger partial charge in [0.25, 0.3) is 5.91 Å². The van der Waals surface area contributed by atoms with Gasteiger partial charge in [0, 0.05) is 16.5 Å². The summed E-state index contributed by atoms with van der Waals surface area (Å²) >= 11 is 7.86. The lowest BCUT2D eigenvalue weighted by Crippen LogP contribution is -2.27. The van der Waals surface area contributed by atoms with Crippen LogP contribution < -0.4 is 5.32 Å². The molecule has 3 rings (SSSR count). The zero-order chi connectivity index (χ0) is 21.0. The predicted molar refractivity (Wildman–Crippen MR) is 110 cm³/mol. The number of halogens is 1. The molecule has 1 amide bonds. The number of thiophene rings is 1. The molecule has 1 saturated heterocycles. The average molecular weight is 458 g/mol. The molecule has 0 radical (unpaired) electrons. The molecule has 1 N–H and O–H groups in total.